The molecular formula is H2Ag4BrClO+2. The van der Waals surface area contributed by atoms with Gasteiger partial charge in [0, 0.05) is 0 Å². The molecule has 0 rings (SSSR count). The first-order valence-corrected chi connectivity index (χ1v) is 0. The van der Waals surface area contributed by atoms with Gasteiger partial charge in [-0.05, 0) is 0 Å². The van der Waals surface area contributed by atoms with Gasteiger partial charge in [0.05, 0.1) is 0 Å². The fraction of sp³-hybridized carbons (Fsp3) is 0. The van der Waals surface area contributed by atoms with Crippen molar-refractivity contribution < 1.29 is 95.0 Å². The molecule has 0 aliphatic carbocycles. The summed E-state index contributed by atoms with van der Waals surface area (Å²) in [5.41, 5.74) is 0. The molecule has 64 valence electrons. The smallest absolute Gasteiger partial charge is 1.00 e. The van der Waals surface area contributed by atoms with Crippen LogP contribution >= 0.6 is 29.4 Å². The van der Waals surface area contributed by atoms with Gasteiger partial charge in [0.1, 0.15) is 0 Å². The van der Waals surface area contributed by atoms with E-state index in [1.54, 1.807) is 0 Å². The molecule has 0 radical (unpaired) electrons. The van der Waals surface area contributed by atoms with Crippen LogP contribution in [-0.2, 0) is 95.0 Å². The van der Waals surface area contributed by atoms with Crippen molar-refractivity contribution in [3.8, 4) is 0 Å². The zero-order valence-electron chi connectivity index (χ0n) is 2.43. The van der Waals surface area contributed by atoms with Crippen molar-refractivity contribution in [3.63, 3.8) is 0 Å². The van der Waals surface area contributed by atoms with Gasteiger partial charge in [-0.25, -0.2) is 0 Å². The van der Waals surface area contributed by atoms with Crippen LogP contribution in [0.15, 0.2) is 0 Å². The van der Waals surface area contributed by atoms with Gasteiger partial charge in [0.25, 0.3) is 0 Å². The maximum absolute atomic E-state index is 0. The number of hydrogen-bond donors (Lipinski definition) is 0. The first-order valence-electron chi connectivity index (χ1n) is 0. The van der Waals surface area contributed by atoms with E-state index in [-0.39, 0.29) is 124 Å². The topological polar surface area (TPSA) is 28.5 Å². The standard InChI is InChI=1S/4Ag.BrH.ClH.O/h;;;;2*1H;/q4*+1;;;-2. The second kappa shape index (κ2) is 53.7. The van der Waals surface area contributed by atoms with E-state index in [0.717, 1.165) is 0 Å². The van der Waals surface area contributed by atoms with Crippen LogP contribution in [0.5, 0.6) is 0 Å². The van der Waals surface area contributed by atoms with Crippen LogP contribution < -0.4 is 0 Å². The van der Waals surface area contributed by atoms with Crippen LogP contribution in [0, 0.1) is 0 Å². The van der Waals surface area contributed by atoms with E-state index >= 15 is 0 Å². The molecule has 1 nitrogen and oxygen atoms in total. The molecule has 0 saturated carbocycles. The van der Waals surface area contributed by atoms with Crippen molar-refractivity contribution in [2.24, 2.45) is 0 Å². The van der Waals surface area contributed by atoms with E-state index in [1.807, 2.05) is 0 Å². The monoisotopic (exact) mass is 560 g/mol. The molecule has 0 bridgehead atoms. The fourth-order valence-electron chi connectivity index (χ4n) is 0. The fourth-order valence-corrected chi connectivity index (χ4v) is 0. The molecule has 0 spiro atoms. The summed E-state index contributed by atoms with van der Waals surface area (Å²) in [6, 6.07) is 0. The molecule has 0 aliphatic heterocycles. The molecule has 0 aromatic rings. The molecule has 7 heavy (non-hydrogen) atoms. The van der Waals surface area contributed by atoms with Crippen LogP contribution in [0.3, 0.4) is 0 Å². The average molecular weight is 565 g/mol. The Hall–Kier alpha value is 3.69. The molecule has 0 amide bonds. The van der Waals surface area contributed by atoms with Crippen molar-refractivity contribution in [1.29, 1.82) is 0 Å². The predicted octanol–water partition coefficient (Wildman–Crippen LogP) is 0.871. The van der Waals surface area contributed by atoms with E-state index in [2.05, 4.69) is 0 Å². The maximum Gasteiger partial charge on any atom is 1.00 e. The van der Waals surface area contributed by atoms with Gasteiger partial charge in [-0.3, -0.25) is 0 Å². The molecule has 7 heteroatoms. The SMILES string of the molecule is Br.Cl.[Ag+].[Ag+].[Ag+].[Ag+].[O-2]. The molecule has 0 atom stereocenters. The summed E-state index contributed by atoms with van der Waals surface area (Å²) < 4.78 is 0. The Kier molecular flexibility index (Phi) is 566. The van der Waals surface area contributed by atoms with E-state index < -0.39 is 0 Å². The second-order valence-corrected chi connectivity index (χ2v) is 0. The van der Waals surface area contributed by atoms with Crippen LogP contribution in [0.4, 0.5) is 0 Å². The Morgan fingerprint density at radius 2 is 0.571 bits per heavy atom. The van der Waals surface area contributed by atoms with Crippen molar-refractivity contribution in [2.45, 2.75) is 0 Å². The maximum atomic E-state index is 0. The van der Waals surface area contributed by atoms with Gasteiger partial charge in [0.2, 0.25) is 0 Å². The van der Waals surface area contributed by atoms with Crippen molar-refractivity contribution >= 4 is 29.4 Å². The van der Waals surface area contributed by atoms with Crippen LogP contribution in [0.25, 0.3) is 0 Å². The van der Waals surface area contributed by atoms with Gasteiger partial charge in [-0.2, -0.15) is 0 Å². The third kappa shape index (κ3) is 42.1. The zero-order valence-corrected chi connectivity index (χ0v) is 10.9. The third-order valence-electron chi connectivity index (χ3n) is 0. The summed E-state index contributed by atoms with van der Waals surface area (Å²) in [6.45, 7) is 0. The Bertz CT molecular complexity index is 11.7. The van der Waals surface area contributed by atoms with Gasteiger partial charge in [-0.15, -0.1) is 29.4 Å². The first kappa shape index (κ1) is 73.7. The normalized spacial score (nSPS) is 0. The summed E-state index contributed by atoms with van der Waals surface area (Å²) in [5, 5.41) is 0. The average Bonchev–Trinajstić information content (AvgIpc) is 0. The minimum absolute atomic E-state index is 0. The van der Waals surface area contributed by atoms with Gasteiger partial charge in [-0.1, -0.05) is 0 Å². The van der Waals surface area contributed by atoms with E-state index in [4.69, 9.17) is 0 Å². The molecule has 0 N–H and O–H groups in total. The number of halogens is 2. The summed E-state index contributed by atoms with van der Waals surface area (Å²) in [5.74, 6) is 0. The van der Waals surface area contributed by atoms with Gasteiger partial charge in [0.15, 0.2) is 0 Å². The van der Waals surface area contributed by atoms with Crippen molar-refractivity contribution in [1.82, 2.24) is 0 Å². The minimum atomic E-state index is 0. The number of hydrogen-bond acceptors (Lipinski definition) is 0. The Labute approximate surface area is 122 Å². The van der Waals surface area contributed by atoms with E-state index in [1.165, 1.54) is 0 Å². The van der Waals surface area contributed by atoms with Gasteiger partial charge >= 0.3 is 89.5 Å². The second-order valence-electron chi connectivity index (χ2n) is 0. The van der Waals surface area contributed by atoms with Crippen LogP contribution in [0.1, 0.15) is 0 Å². The summed E-state index contributed by atoms with van der Waals surface area (Å²) in [6.07, 6.45) is 0. The van der Waals surface area contributed by atoms with Gasteiger partial charge < -0.3 is 5.48 Å². The van der Waals surface area contributed by atoms with E-state index in [9.17, 15) is 0 Å². The molecule has 0 fully saturated rings. The predicted molar refractivity (Wildman–Crippen MR) is 18.3 cm³/mol. The van der Waals surface area contributed by atoms with Crippen LogP contribution in [0.2, 0.25) is 0 Å². The Balaban J connectivity index is 0. The van der Waals surface area contributed by atoms with Crippen molar-refractivity contribution in [2.75, 3.05) is 0 Å². The summed E-state index contributed by atoms with van der Waals surface area (Å²) >= 11 is 0. The third-order valence-corrected chi connectivity index (χ3v) is 0. The largest absolute Gasteiger partial charge is 2.00 e. The van der Waals surface area contributed by atoms with Crippen LogP contribution in [-0.4, -0.2) is 0 Å². The van der Waals surface area contributed by atoms with E-state index in [0.29, 0.717) is 0 Å². The van der Waals surface area contributed by atoms with Crippen molar-refractivity contribution in [3.05, 3.63) is 0 Å². The zero-order chi connectivity index (χ0) is 0. The molecule has 0 saturated heterocycles. The summed E-state index contributed by atoms with van der Waals surface area (Å²) in [4.78, 5) is 0. The minimum Gasteiger partial charge on any atom is -2.00 e. The Morgan fingerprint density at radius 3 is 0.571 bits per heavy atom. The molecule has 0 aromatic heterocycles. The first-order chi connectivity index (χ1) is 0. The molecule has 0 aromatic carbocycles. The quantitative estimate of drug-likeness (QED) is 0.391. The molecule has 0 unspecified atom stereocenters. The Morgan fingerprint density at radius 1 is 0.571 bits per heavy atom. The summed E-state index contributed by atoms with van der Waals surface area (Å²) in [7, 11) is 0. The molecular weight excluding hydrogens is 563 g/mol. The molecule has 0 aliphatic rings. The number of rotatable bonds is 0. The molecule has 0 heterocycles.